The van der Waals surface area contributed by atoms with E-state index in [0.717, 1.165) is 0 Å². The van der Waals surface area contributed by atoms with Crippen LogP contribution in [0, 0.1) is 18.8 Å². The molecule has 1 nitrogen and oxygen atoms in total. The Kier molecular flexibility index (Phi) is 3.95. The Labute approximate surface area is 107 Å². The molecule has 0 N–H and O–H groups in total. The molecule has 2 heteroatoms. The summed E-state index contributed by atoms with van der Waals surface area (Å²) in [6.45, 7) is 6.08. The van der Waals surface area contributed by atoms with Gasteiger partial charge in [0.05, 0.1) is 0 Å². The van der Waals surface area contributed by atoms with Crippen LogP contribution in [0.5, 0.6) is 0 Å². The lowest BCUT2D eigenvalue weighted by molar-refractivity contribution is 0.410. The van der Waals surface area contributed by atoms with Crippen LogP contribution in [-0.4, -0.2) is 15.1 Å². The molecule has 0 spiro atoms. The van der Waals surface area contributed by atoms with Gasteiger partial charge >= 0.3 is 0 Å². The molecule has 0 amide bonds. The van der Waals surface area contributed by atoms with Gasteiger partial charge in [-0.15, -0.1) is 0 Å². The Morgan fingerprint density at radius 2 is 1.47 bits per heavy atom. The van der Waals surface area contributed by atoms with Gasteiger partial charge in [0.2, 0.25) is 0 Å². The average molecular weight is 247 g/mol. The highest BCUT2D eigenvalue weighted by molar-refractivity contribution is 7.92. The summed E-state index contributed by atoms with van der Waals surface area (Å²) in [7, 11) is 0. The summed E-state index contributed by atoms with van der Waals surface area (Å²) in [5.41, 5.74) is 0. The molecule has 1 radical (unpaired) electrons. The Morgan fingerprint density at radius 3 is 1.76 bits per heavy atom. The van der Waals surface area contributed by atoms with Crippen molar-refractivity contribution in [3.63, 3.8) is 0 Å². The van der Waals surface area contributed by atoms with E-state index in [0.29, 0.717) is 12.2 Å². The molecule has 91 valence electrons. The van der Waals surface area contributed by atoms with Gasteiger partial charge < -0.3 is 4.55 Å². The highest BCUT2D eigenvalue weighted by Crippen LogP contribution is 2.44. The van der Waals surface area contributed by atoms with E-state index in [9.17, 15) is 4.55 Å². The minimum absolute atomic E-state index is 0.234. The molecular formula is C15H19OS. The second-order valence-electron chi connectivity index (χ2n) is 4.43. The fraction of sp³-hybridized carbons (Fsp3) is 0.400. The molecule has 17 heavy (non-hydrogen) atoms. The van der Waals surface area contributed by atoms with E-state index in [1.165, 1.54) is 0 Å². The normalized spacial score (nSPS) is 21.8. The van der Waals surface area contributed by atoms with Gasteiger partial charge in [0, 0.05) is 11.8 Å². The van der Waals surface area contributed by atoms with Crippen LogP contribution < -0.4 is 0 Å². The maximum absolute atomic E-state index is 12.6. The standard InChI is InChI=1S/C15H19OS/c1-3-15(17(16)4-2,13-9-5-6-10-13)14-11-7-8-12-14/h5-14H,1,3-4H2,2H3. The second kappa shape index (κ2) is 5.28. The van der Waals surface area contributed by atoms with Crippen molar-refractivity contribution in [3.05, 3.63) is 55.5 Å². The van der Waals surface area contributed by atoms with Gasteiger partial charge in [0.1, 0.15) is 10.5 Å². The van der Waals surface area contributed by atoms with Crippen molar-refractivity contribution < 1.29 is 4.55 Å². The van der Waals surface area contributed by atoms with Gasteiger partial charge in [-0.1, -0.05) is 48.6 Å². The molecule has 0 aromatic rings. The quantitative estimate of drug-likeness (QED) is 0.684. The molecule has 0 saturated carbocycles. The number of hydrogen-bond donors (Lipinski definition) is 0. The van der Waals surface area contributed by atoms with Gasteiger partial charge in [0.25, 0.3) is 0 Å². The third-order valence-electron chi connectivity index (χ3n) is 3.70. The maximum Gasteiger partial charge on any atom is 0.144 e. The Morgan fingerprint density at radius 1 is 1.06 bits per heavy atom. The molecular weight excluding hydrogens is 228 g/mol. The predicted octanol–water partition coefficient (Wildman–Crippen LogP) is 3.20. The van der Waals surface area contributed by atoms with E-state index in [-0.39, 0.29) is 16.6 Å². The van der Waals surface area contributed by atoms with E-state index in [4.69, 9.17) is 0 Å². The lowest BCUT2D eigenvalue weighted by atomic mass is 9.80. The predicted molar refractivity (Wildman–Crippen MR) is 74.9 cm³/mol. The average Bonchev–Trinajstić information content (AvgIpc) is 3.03. The van der Waals surface area contributed by atoms with Crippen LogP contribution in [-0.2, 0) is 11.2 Å². The number of rotatable bonds is 5. The monoisotopic (exact) mass is 247 g/mol. The first kappa shape index (κ1) is 12.7. The third kappa shape index (κ3) is 2.04. The third-order valence-corrected chi connectivity index (χ3v) is 5.82. The minimum atomic E-state index is -0.871. The van der Waals surface area contributed by atoms with Crippen LogP contribution in [0.25, 0.3) is 0 Å². The minimum Gasteiger partial charge on any atom is -0.616 e. The first-order valence-corrected chi connectivity index (χ1v) is 7.45. The molecule has 0 aromatic carbocycles. The van der Waals surface area contributed by atoms with Crippen molar-refractivity contribution >= 4 is 11.2 Å². The van der Waals surface area contributed by atoms with Crippen molar-refractivity contribution in [3.8, 4) is 0 Å². The molecule has 1 atom stereocenters. The number of hydrogen-bond acceptors (Lipinski definition) is 1. The molecule has 0 saturated heterocycles. The largest absolute Gasteiger partial charge is 0.616 e. The van der Waals surface area contributed by atoms with Crippen LogP contribution in [0.4, 0.5) is 0 Å². The molecule has 0 fully saturated rings. The van der Waals surface area contributed by atoms with Gasteiger partial charge in [-0.05, 0) is 31.4 Å². The van der Waals surface area contributed by atoms with Gasteiger partial charge in [-0.3, -0.25) is 0 Å². The zero-order valence-corrected chi connectivity index (χ0v) is 11.0. The van der Waals surface area contributed by atoms with E-state index in [1.807, 2.05) is 31.2 Å². The van der Waals surface area contributed by atoms with Crippen LogP contribution in [0.2, 0.25) is 0 Å². The highest BCUT2D eigenvalue weighted by Gasteiger charge is 2.50. The molecule has 0 bridgehead atoms. The van der Waals surface area contributed by atoms with E-state index < -0.39 is 11.2 Å². The summed E-state index contributed by atoms with van der Waals surface area (Å²) in [6, 6.07) is 0. The van der Waals surface area contributed by atoms with Crippen molar-refractivity contribution in [1.29, 1.82) is 0 Å². The first-order chi connectivity index (χ1) is 8.25. The first-order valence-electron chi connectivity index (χ1n) is 6.13. The zero-order chi connectivity index (χ0) is 12.3. The van der Waals surface area contributed by atoms with Gasteiger partial charge in [-0.25, -0.2) is 0 Å². The van der Waals surface area contributed by atoms with Crippen molar-refractivity contribution in [2.75, 3.05) is 5.75 Å². The molecule has 0 aromatic heterocycles. The second-order valence-corrected chi connectivity index (χ2v) is 6.46. The fourth-order valence-corrected chi connectivity index (χ4v) is 4.44. The number of allylic oxidation sites excluding steroid dienone is 8. The van der Waals surface area contributed by atoms with Crippen LogP contribution >= 0.6 is 0 Å². The zero-order valence-electron chi connectivity index (χ0n) is 10.2. The summed E-state index contributed by atoms with van der Waals surface area (Å²) in [6.07, 6.45) is 17.5. The van der Waals surface area contributed by atoms with E-state index in [1.54, 1.807) is 0 Å². The maximum atomic E-state index is 12.6. The Balaban J connectivity index is 2.38. The SMILES string of the molecule is [CH2]CC(C1C=CC=C1)(C1C=CC=C1)[S+]([O-])CC. The Bertz CT molecular complexity index is 326. The molecule has 2 aliphatic carbocycles. The topological polar surface area (TPSA) is 23.1 Å². The fourth-order valence-electron chi connectivity index (χ4n) is 2.76. The van der Waals surface area contributed by atoms with Crippen molar-refractivity contribution in [1.82, 2.24) is 0 Å². The van der Waals surface area contributed by atoms with Gasteiger partial charge in [0.15, 0.2) is 0 Å². The summed E-state index contributed by atoms with van der Waals surface area (Å²) < 4.78 is 12.3. The summed E-state index contributed by atoms with van der Waals surface area (Å²) >= 11 is -0.871. The summed E-state index contributed by atoms with van der Waals surface area (Å²) in [4.78, 5) is 0. The molecule has 1 unspecified atom stereocenters. The van der Waals surface area contributed by atoms with Crippen molar-refractivity contribution in [2.45, 2.75) is 18.1 Å². The van der Waals surface area contributed by atoms with Crippen molar-refractivity contribution in [2.24, 2.45) is 11.8 Å². The molecule has 2 aliphatic rings. The van der Waals surface area contributed by atoms with Crippen LogP contribution in [0.15, 0.2) is 48.6 Å². The smallest absolute Gasteiger partial charge is 0.144 e. The Hall–Kier alpha value is -0.730. The summed E-state index contributed by atoms with van der Waals surface area (Å²) in [5.74, 6) is 1.16. The highest BCUT2D eigenvalue weighted by atomic mass is 32.2. The van der Waals surface area contributed by atoms with E-state index in [2.05, 4.69) is 31.2 Å². The lowest BCUT2D eigenvalue weighted by Crippen LogP contribution is -2.49. The van der Waals surface area contributed by atoms with E-state index >= 15 is 0 Å². The summed E-state index contributed by atoms with van der Waals surface area (Å²) in [5, 5.41) is 0. The molecule has 2 rings (SSSR count). The molecule has 0 aliphatic heterocycles. The van der Waals surface area contributed by atoms with Crippen LogP contribution in [0.3, 0.4) is 0 Å². The van der Waals surface area contributed by atoms with Gasteiger partial charge in [-0.2, -0.15) is 0 Å². The lowest BCUT2D eigenvalue weighted by Gasteiger charge is -2.41. The van der Waals surface area contributed by atoms with Crippen LogP contribution in [0.1, 0.15) is 13.3 Å². The molecule has 0 heterocycles.